The Kier molecular flexibility index (Phi) is 5.66. The zero-order valence-electron chi connectivity index (χ0n) is 18.2. The van der Waals surface area contributed by atoms with Crippen molar-refractivity contribution in [3.05, 3.63) is 54.2 Å². The molecular formula is C23H25N7O2. The lowest BCUT2D eigenvalue weighted by molar-refractivity contribution is 0.122. The average Bonchev–Trinajstić information content (AvgIpc) is 3.29. The Labute approximate surface area is 186 Å². The van der Waals surface area contributed by atoms with Crippen LogP contribution in [-0.2, 0) is 11.3 Å². The number of rotatable bonds is 6. The third kappa shape index (κ3) is 4.39. The van der Waals surface area contributed by atoms with E-state index in [0.717, 1.165) is 36.1 Å². The second-order valence-electron chi connectivity index (χ2n) is 7.96. The molecule has 1 fully saturated rings. The van der Waals surface area contributed by atoms with Crippen LogP contribution in [0, 0.1) is 0 Å². The number of fused-ring (bicyclic) bond motifs is 1. The summed E-state index contributed by atoms with van der Waals surface area (Å²) in [5.41, 5.74) is 3.01. The summed E-state index contributed by atoms with van der Waals surface area (Å²) in [5.74, 6) is 1.81. The summed E-state index contributed by atoms with van der Waals surface area (Å²) in [7, 11) is 4.09. The zero-order chi connectivity index (χ0) is 21.9. The molecule has 0 bridgehead atoms. The number of nitrogens with zero attached hydrogens (tertiary/aromatic N) is 6. The van der Waals surface area contributed by atoms with Crippen molar-refractivity contribution in [2.75, 3.05) is 45.3 Å². The topological polar surface area (TPSA) is 92.3 Å². The highest BCUT2D eigenvalue weighted by Gasteiger charge is 2.19. The number of nitrogens with one attached hydrogen (secondary N) is 1. The van der Waals surface area contributed by atoms with Crippen LogP contribution in [0.4, 0.5) is 5.95 Å². The quantitative estimate of drug-likeness (QED) is 0.498. The molecule has 9 nitrogen and oxygen atoms in total. The van der Waals surface area contributed by atoms with Crippen LogP contribution in [0.1, 0.15) is 5.56 Å². The van der Waals surface area contributed by atoms with Crippen molar-refractivity contribution in [1.29, 1.82) is 0 Å². The number of anilines is 1. The van der Waals surface area contributed by atoms with Gasteiger partial charge in [0.15, 0.2) is 5.82 Å². The van der Waals surface area contributed by atoms with Gasteiger partial charge in [-0.15, -0.1) is 0 Å². The number of ether oxygens (including phenoxy) is 2. The van der Waals surface area contributed by atoms with Gasteiger partial charge in [-0.2, -0.15) is 20.1 Å². The molecule has 2 aromatic carbocycles. The first-order valence-corrected chi connectivity index (χ1v) is 10.6. The molecule has 1 aliphatic rings. The molecule has 1 saturated heterocycles. The maximum Gasteiger partial charge on any atom is 0.327 e. The van der Waals surface area contributed by atoms with Crippen LogP contribution in [0.2, 0.25) is 0 Å². The molecule has 0 atom stereocenters. The summed E-state index contributed by atoms with van der Waals surface area (Å²) in [6, 6.07) is 14.1. The smallest absolute Gasteiger partial charge is 0.327 e. The third-order valence-corrected chi connectivity index (χ3v) is 5.25. The lowest BCUT2D eigenvalue weighted by atomic mass is 10.1. The molecule has 3 heterocycles. The second kappa shape index (κ2) is 8.89. The SMILES string of the molecule is CN(C)Cc1ccc(Oc2nc(-c3cccc4[nH]ncc34)nc(N3CCOCC3)n2)cc1. The van der Waals surface area contributed by atoms with E-state index in [0.29, 0.717) is 30.7 Å². The number of aromatic nitrogens is 5. The highest BCUT2D eigenvalue weighted by Crippen LogP contribution is 2.29. The molecule has 5 rings (SSSR count). The van der Waals surface area contributed by atoms with Gasteiger partial charge in [0.1, 0.15) is 5.75 Å². The van der Waals surface area contributed by atoms with Gasteiger partial charge in [0, 0.05) is 30.6 Å². The van der Waals surface area contributed by atoms with E-state index >= 15 is 0 Å². The highest BCUT2D eigenvalue weighted by atomic mass is 16.5. The van der Waals surface area contributed by atoms with E-state index in [2.05, 4.69) is 30.0 Å². The third-order valence-electron chi connectivity index (χ3n) is 5.25. The van der Waals surface area contributed by atoms with Crippen LogP contribution in [0.25, 0.3) is 22.3 Å². The normalized spacial score (nSPS) is 14.3. The summed E-state index contributed by atoms with van der Waals surface area (Å²) >= 11 is 0. The number of benzene rings is 2. The van der Waals surface area contributed by atoms with Crippen molar-refractivity contribution >= 4 is 16.9 Å². The van der Waals surface area contributed by atoms with E-state index < -0.39 is 0 Å². The Hall–Kier alpha value is -3.56. The summed E-state index contributed by atoms with van der Waals surface area (Å²) in [4.78, 5) is 18.2. The van der Waals surface area contributed by atoms with Gasteiger partial charge in [0.2, 0.25) is 5.95 Å². The summed E-state index contributed by atoms with van der Waals surface area (Å²) in [6.07, 6.45) is 1.78. The van der Waals surface area contributed by atoms with Gasteiger partial charge in [-0.1, -0.05) is 24.3 Å². The van der Waals surface area contributed by atoms with E-state index in [-0.39, 0.29) is 6.01 Å². The molecule has 2 aromatic heterocycles. The van der Waals surface area contributed by atoms with Crippen LogP contribution >= 0.6 is 0 Å². The predicted octanol–water partition coefficient (Wildman–Crippen LogP) is 3.11. The van der Waals surface area contributed by atoms with Crippen LogP contribution in [0.5, 0.6) is 11.8 Å². The molecule has 32 heavy (non-hydrogen) atoms. The molecule has 0 unspecified atom stereocenters. The fraction of sp³-hybridized carbons (Fsp3) is 0.304. The van der Waals surface area contributed by atoms with Gasteiger partial charge in [-0.05, 0) is 37.9 Å². The highest BCUT2D eigenvalue weighted by molar-refractivity contribution is 5.92. The number of aromatic amines is 1. The van der Waals surface area contributed by atoms with Crippen molar-refractivity contribution < 1.29 is 9.47 Å². The second-order valence-corrected chi connectivity index (χ2v) is 7.96. The maximum atomic E-state index is 6.07. The number of morpholine rings is 1. The number of H-pyrrole nitrogens is 1. The minimum absolute atomic E-state index is 0.261. The van der Waals surface area contributed by atoms with Crippen LogP contribution in [0.15, 0.2) is 48.7 Å². The molecule has 0 radical (unpaired) electrons. The maximum absolute atomic E-state index is 6.07. The summed E-state index contributed by atoms with van der Waals surface area (Å²) in [5, 5.41) is 8.11. The van der Waals surface area contributed by atoms with Gasteiger partial charge in [-0.3, -0.25) is 5.10 Å². The Balaban J connectivity index is 1.51. The summed E-state index contributed by atoms with van der Waals surface area (Å²) < 4.78 is 11.6. The van der Waals surface area contributed by atoms with E-state index in [1.54, 1.807) is 6.20 Å². The van der Waals surface area contributed by atoms with Crippen molar-refractivity contribution in [3.8, 4) is 23.1 Å². The molecule has 1 aliphatic heterocycles. The van der Waals surface area contributed by atoms with E-state index in [1.165, 1.54) is 5.56 Å². The Morgan fingerprint density at radius 1 is 1.03 bits per heavy atom. The lowest BCUT2D eigenvalue weighted by Gasteiger charge is -2.27. The lowest BCUT2D eigenvalue weighted by Crippen LogP contribution is -2.37. The minimum atomic E-state index is 0.261. The number of hydrogen-bond donors (Lipinski definition) is 1. The zero-order valence-corrected chi connectivity index (χ0v) is 18.2. The van der Waals surface area contributed by atoms with E-state index in [9.17, 15) is 0 Å². The molecule has 0 aliphatic carbocycles. The molecule has 1 N–H and O–H groups in total. The Morgan fingerprint density at radius 2 is 1.84 bits per heavy atom. The first-order chi connectivity index (χ1) is 15.7. The van der Waals surface area contributed by atoms with Crippen molar-refractivity contribution in [2.45, 2.75) is 6.54 Å². The summed E-state index contributed by atoms with van der Waals surface area (Å²) in [6.45, 7) is 3.59. The standard InChI is InChI=1S/C23H25N7O2/c1-29(2)15-16-6-8-17(9-7-16)32-23-26-21(18-4-3-5-20-19(18)14-24-28-20)25-22(27-23)30-10-12-31-13-11-30/h3-9,14H,10-13,15H2,1-2H3,(H,24,28). The first-order valence-electron chi connectivity index (χ1n) is 10.6. The Morgan fingerprint density at radius 3 is 2.62 bits per heavy atom. The van der Waals surface area contributed by atoms with Crippen LogP contribution in [0.3, 0.4) is 0 Å². The van der Waals surface area contributed by atoms with Gasteiger partial charge in [0.25, 0.3) is 0 Å². The molecule has 0 saturated carbocycles. The fourth-order valence-electron chi connectivity index (χ4n) is 3.71. The number of hydrogen-bond acceptors (Lipinski definition) is 8. The molecule has 9 heteroatoms. The van der Waals surface area contributed by atoms with Crippen LogP contribution < -0.4 is 9.64 Å². The molecule has 164 valence electrons. The molecule has 0 amide bonds. The fourth-order valence-corrected chi connectivity index (χ4v) is 3.71. The van der Waals surface area contributed by atoms with Gasteiger partial charge < -0.3 is 19.3 Å². The van der Waals surface area contributed by atoms with Gasteiger partial charge in [0.05, 0.1) is 24.9 Å². The van der Waals surface area contributed by atoms with Crippen molar-refractivity contribution in [1.82, 2.24) is 30.0 Å². The minimum Gasteiger partial charge on any atom is -0.424 e. The van der Waals surface area contributed by atoms with Crippen molar-refractivity contribution in [3.63, 3.8) is 0 Å². The Bertz CT molecular complexity index is 1200. The molecular weight excluding hydrogens is 406 g/mol. The predicted molar refractivity (Wildman–Crippen MR) is 122 cm³/mol. The first kappa shape index (κ1) is 20.3. The van der Waals surface area contributed by atoms with E-state index in [4.69, 9.17) is 14.5 Å². The molecule has 0 spiro atoms. The van der Waals surface area contributed by atoms with E-state index in [1.807, 2.05) is 56.6 Å². The van der Waals surface area contributed by atoms with Crippen molar-refractivity contribution in [2.24, 2.45) is 0 Å². The monoisotopic (exact) mass is 431 g/mol. The molecule has 4 aromatic rings. The van der Waals surface area contributed by atoms with Crippen LogP contribution in [-0.4, -0.2) is 70.4 Å². The largest absolute Gasteiger partial charge is 0.424 e. The average molecular weight is 432 g/mol. The van der Waals surface area contributed by atoms with Gasteiger partial charge in [-0.25, -0.2) is 0 Å². The van der Waals surface area contributed by atoms with Gasteiger partial charge >= 0.3 is 6.01 Å².